The lowest BCUT2D eigenvalue weighted by Crippen LogP contribution is -2.54. The Balaban J connectivity index is 2.59. The standard InChI is InChI=1S/C11H22N2O3S/c1-9-10(2)17(15,16)8-7-13(9)11(14)5-4-6-12-3/h9-10,12H,4-8H2,1-3H3. The molecule has 0 aromatic heterocycles. The van der Waals surface area contributed by atoms with Crippen molar-refractivity contribution in [2.75, 3.05) is 25.9 Å². The van der Waals surface area contributed by atoms with Crippen LogP contribution in [0.4, 0.5) is 0 Å². The van der Waals surface area contributed by atoms with Crippen LogP contribution in [0, 0.1) is 0 Å². The molecule has 0 aromatic rings. The van der Waals surface area contributed by atoms with Gasteiger partial charge >= 0.3 is 0 Å². The molecule has 1 amide bonds. The number of rotatable bonds is 4. The van der Waals surface area contributed by atoms with Crippen molar-refractivity contribution in [1.29, 1.82) is 0 Å². The second-order valence-corrected chi connectivity index (χ2v) is 7.08. The number of hydrogen-bond acceptors (Lipinski definition) is 4. The first kappa shape index (κ1) is 14.4. The van der Waals surface area contributed by atoms with E-state index >= 15 is 0 Å². The largest absolute Gasteiger partial charge is 0.338 e. The van der Waals surface area contributed by atoms with E-state index in [2.05, 4.69) is 5.32 Å². The van der Waals surface area contributed by atoms with Crippen LogP contribution in [0.1, 0.15) is 26.7 Å². The molecular formula is C11H22N2O3S. The molecule has 0 bridgehead atoms. The molecule has 0 aromatic carbocycles. The normalized spacial score (nSPS) is 28.1. The Bertz CT molecular complexity index is 367. The minimum Gasteiger partial charge on any atom is -0.338 e. The van der Waals surface area contributed by atoms with Gasteiger partial charge in [-0.05, 0) is 33.9 Å². The quantitative estimate of drug-likeness (QED) is 0.725. The van der Waals surface area contributed by atoms with Gasteiger partial charge in [0.1, 0.15) is 0 Å². The van der Waals surface area contributed by atoms with Gasteiger partial charge in [-0.1, -0.05) is 0 Å². The zero-order chi connectivity index (χ0) is 13.1. The number of hydrogen-bond donors (Lipinski definition) is 1. The van der Waals surface area contributed by atoms with Crippen molar-refractivity contribution in [3.63, 3.8) is 0 Å². The van der Waals surface area contributed by atoms with Gasteiger partial charge in [-0.25, -0.2) is 8.42 Å². The van der Waals surface area contributed by atoms with E-state index in [0.717, 1.165) is 13.0 Å². The third-order valence-corrected chi connectivity index (χ3v) is 5.77. The van der Waals surface area contributed by atoms with Crippen molar-refractivity contribution in [2.24, 2.45) is 0 Å². The number of nitrogens with zero attached hydrogens (tertiary/aromatic N) is 1. The molecule has 100 valence electrons. The minimum absolute atomic E-state index is 0.0644. The maximum atomic E-state index is 11.9. The molecule has 2 atom stereocenters. The van der Waals surface area contributed by atoms with E-state index in [-0.39, 0.29) is 17.7 Å². The van der Waals surface area contributed by atoms with Gasteiger partial charge in [0.15, 0.2) is 9.84 Å². The second kappa shape index (κ2) is 5.82. The molecule has 1 aliphatic heterocycles. The van der Waals surface area contributed by atoms with Gasteiger partial charge < -0.3 is 10.2 Å². The predicted molar refractivity (Wildman–Crippen MR) is 67.6 cm³/mol. The number of carbonyl (C=O) groups excluding carboxylic acids is 1. The van der Waals surface area contributed by atoms with Gasteiger partial charge in [0, 0.05) is 19.0 Å². The average Bonchev–Trinajstić information content (AvgIpc) is 2.26. The lowest BCUT2D eigenvalue weighted by molar-refractivity contribution is -0.133. The van der Waals surface area contributed by atoms with Gasteiger partial charge in [0.05, 0.1) is 11.0 Å². The number of carbonyl (C=O) groups is 1. The SMILES string of the molecule is CNCCCC(=O)N1CCS(=O)(=O)C(C)C1C. The van der Waals surface area contributed by atoms with Gasteiger partial charge in [-0.3, -0.25) is 4.79 Å². The van der Waals surface area contributed by atoms with Crippen LogP contribution in [0.3, 0.4) is 0 Å². The zero-order valence-electron chi connectivity index (χ0n) is 10.8. The van der Waals surface area contributed by atoms with Gasteiger partial charge in [-0.15, -0.1) is 0 Å². The highest BCUT2D eigenvalue weighted by Gasteiger charge is 2.37. The summed E-state index contributed by atoms with van der Waals surface area (Å²) in [6, 6.07) is -0.212. The Morgan fingerprint density at radius 2 is 2.06 bits per heavy atom. The molecular weight excluding hydrogens is 240 g/mol. The fourth-order valence-corrected chi connectivity index (χ4v) is 3.65. The van der Waals surface area contributed by atoms with E-state index in [9.17, 15) is 13.2 Å². The fourth-order valence-electron chi connectivity index (χ4n) is 2.08. The third kappa shape index (κ3) is 3.42. The third-order valence-electron chi connectivity index (χ3n) is 3.49. The molecule has 1 saturated heterocycles. The Hall–Kier alpha value is -0.620. The molecule has 5 nitrogen and oxygen atoms in total. The Morgan fingerprint density at radius 1 is 1.41 bits per heavy atom. The van der Waals surface area contributed by atoms with Crippen LogP contribution < -0.4 is 5.32 Å². The molecule has 1 fully saturated rings. The number of amides is 1. The molecule has 1 rings (SSSR count). The first-order valence-corrected chi connectivity index (χ1v) is 7.77. The van der Waals surface area contributed by atoms with E-state index in [1.165, 1.54) is 0 Å². The molecule has 2 unspecified atom stereocenters. The van der Waals surface area contributed by atoms with Crippen LogP contribution in [0.2, 0.25) is 0 Å². The molecule has 6 heteroatoms. The molecule has 1 heterocycles. The molecule has 1 N–H and O–H groups in total. The van der Waals surface area contributed by atoms with Gasteiger partial charge in [-0.2, -0.15) is 0 Å². The zero-order valence-corrected chi connectivity index (χ0v) is 11.6. The summed E-state index contributed by atoms with van der Waals surface area (Å²) in [6.45, 7) is 4.65. The summed E-state index contributed by atoms with van der Waals surface area (Å²) in [5.41, 5.74) is 0. The lowest BCUT2D eigenvalue weighted by atomic mass is 10.1. The summed E-state index contributed by atoms with van der Waals surface area (Å²) >= 11 is 0. The van der Waals surface area contributed by atoms with Crippen molar-refractivity contribution in [2.45, 2.75) is 38.0 Å². The maximum Gasteiger partial charge on any atom is 0.222 e. The van der Waals surface area contributed by atoms with E-state index < -0.39 is 15.1 Å². The Kier molecular flexibility index (Phi) is 4.94. The average molecular weight is 262 g/mol. The minimum atomic E-state index is -3.01. The van der Waals surface area contributed by atoms with Crippen molar-refractivity contribution in [3.05, 3.63) is 0 Å². The van der Waals surface area contributed by atoms with Crippen molar-refractivity contribution in [3.8, 4) is 0 Å². The summed E-state index contributed by atoms with van der Waals surface area (Å²) in [5.74, 6) is 0.158. The number of nitrogens with one attached hydrogen (secondary N) is 1. The molecule has 0 aliphatic carbocycles. The van der Waals surface area contributed by atoms with Crippen LogP contribution in [-0.4, -0.2) is 56.4 Å². The maximum absolute atomic E-state index is 11.9. The predicted octanol–water partition coefficient (Wildman–Crippen LogP) is 0.0200. The summed E-state index contributed by atoms with van der Waals surface area (Å²) in [6.07, 6.45) is 1.28. The van der Waals surface area contributed by atoms with Crippen LogP contribution in [0.5, 0.6) is 0 Å². The first-order valence-electron chi connectivity index (χ1n) is 6.06. The molecule has 0 saturated carbocycles. The fraction of sp³-hybridized carbons (Fsp3) is 0.909. The van der Waals surface area contributed by atoms with E-state index in [1.54, 1.807) is 11.8 Å². The molecule has 17 heavy (non-hydrogen) atoms. The topological polar surface area (TPSA) is 66.5 Å². The van der Waals surface area contributed by atoms with Crippen molar-refractivity contribution in [1.82, 2.24) is 10.2 Å². The summed E-state index contributed by atoms with van der Waals surface area (Å²) in [5, 5.41) is 2.54. The van der Waals surface area contributed by atoms with E-state index in [4.69, 9.17) is 0 Å². The van der Waals surface area contributed by atoms with Gasteiger partial charge in [0.25, 0.3) is 0 Å². The first-order chi connectivity index (χ1) is 7.90. The van der Waals surface area contributed by atoms with E-state index in [0.29, 0.717) is 13.0 Å². The van der Waals surface area contributed by atoms with Crippen LogP contribution in [-0.2, 0) is 14.6 Å². The second-order valence-electron chi connectivity index (χ2n) is 4.61. The van der Waals surface area contributed by atoms with Gasteiger partial charge in [0.2, 0.25) is 5.91 Å². The Labute approximate surface area is 103 Å². The smallest absolute Gasteiger partial charge is 0.222 e. The molecule has 0 spiro atoms. The monoisotopic (exact) mass is 262 g/mol. The van der Waals surface area contributed by atoms with Crippen LogP contribution >= 0.6 is 0 Å². The summed E-state index contributed by atoms with van der Waals surface area (Å²) in [4.78, 5) is 13.7. The highest BCUT2D eigenvalue weighted by molar-refractivity contribution is 7.92. The summed E-state index contributed by atoms with van der Waals surface area (Å²) in [7, 11) is -1.16. The van der Waals surface area contributed by atoms with Crippen molar-refractivity contribution < 1.29 is 13.2 Å². The van der Waals surface area contributed by atoms with Crippen LogP contribution in [0.15, 0.2) is 0 Å². The van der Waals surface area contributed by atoms with E-state index in [1.807, 2.05) is 14.0 Å². The molecule has 0 radical (unpaired) electrons. The molecule has 1 aliphatic rings. The highest BCUT2D eigenvalue weighted by atomic mass is 32.2. The highest BCUT2D eigenvalue weighted by Crippen LogP contribution is 2.20. The van der Waals surface area contributed by atoms with Crippen molar-refractivity contribution >= 4 is 15.7 Å². The lowest BCUT2D eigenvalue weighted by Gasteiger charge is -2.37. The Morgan fingerprint density at radius 3 is 2.65 bits per heavy atom. The van der Waals surface area contributed by atoms with Crippen LogP contribution in [0.25, 0.3) is 0 Å². The summed E-state index contributed by atoms with van der Waals surface area (Å²) < 4.78 is 23.3. The number of sulfone groups is 1.